The summed E-state index contributed by atoms with van der Waals surface area (Å²) in [5.41, 5.74) is 1.68. The Morgan fingerprint density at radius 1 is 1.03 bits per heavy atom. The van der Waals surface area contributed by atoms with Gasteiger partial charge >= 0.3 is 5.92 Å². The van der Waals surface area contributed by atoms with Crippen molar-refractivity contribution in [3.05, 3.63) is 58.6 Å². The molecule has 2 aromatic carbocycles. The van der Waals surface area contributed by atoms with Gasteiger partial charge in [-0.2, -0.15) is 0 Å². The Balaban J connectivity index is 0.00000300. The van der Waals surface area contributed by atoms with E-state index in [1.54, 1.807) is 0 Å². The van der Waals surface area contributed by atoms with Gasteiger partial charge in [0.1, 0.15) is 29.7 Å². The van der Waals surface area contributed by atoms with E-state index in [9.17, 15) is 8.78 Å². The number of hydrogen-bond acceptors (Lipinski definition) is 3. The third-order valence-corrected chi connectivity index (χ3v) is 5.22. The molecular weight excluding hydrogens is 431 g/mol. The highest BCUT2D eigenvalue weighted by Gasteiger charge is 2.63. The van der Waals surface area contributed by atoms with Crippen LogP contribution >= 0.6 is 24.0 Å². The summed E-state index contributed by atoms with van der Waals surface area (Å²) in [5, 5.41) is 0.128. The zero-order valence-corrected chi connectivity index (χ0v) is 17.5. The Bertz CT molecular complexity index is 945. The summed E-state index contributed by atoms with van der Waals surface area (Å²) < 4.78 is 64.6. The number of nitrogens with zero attached hydrogens (tertiary/aromatic N) is 1. The molecule has 1 aliphatic heterocycles. The fraction of sp³-hybridized carbons (Fsp3) is 0.350. The van der Waals surface area contributed by atoms with Crippen LogP contribution in [0.1, 0.15) is 26.3 Å². The molecule has 0 saturated carbocycles. The second-order valence-corrected chi connectivity index (χ2v) is 7.84. The maximum atomic E-state index is 15.5. The fourth-order valence-electron chi connectivity index (χ4n) is 3.35. The molecular formula is C20H20Cl2F4N2O. The Labute approximate surface area is 177 Å². The van der Waals surface area contributed by atoms with E-state index >= 15 is 8.78 Å². The minimum atomic E-state index is -3.61. The second kappa shape index (κ2) is 7.78. The lowest BCUT2D eigenvalue weighted by molar-refractivity contribution is -0.214. The SMILES string of the molecule is CC1(C)OCC(N)=NC(C)(c2cc(-c3cc(F)cc(Cl)c3)ccc2F)C1(F)F.Cl. The topological polar surface area (TPSA) is 47.6 Å². The van der Waals surface area contributed by atoms with Gasteiger partial charge in [0, 0.05) is 10.6 Å². The number of amidine groups is 1. The van der Waals surface area contributed by atoms with Crippen molar-refractivity contribution in [1.29, 1.82) is 0 Å². The number of hydrogen-bond donors (Lipinski definition) is 1. The van der Waals surface area contributed by atoms with Crippen LogP contribution in [0, 0.1) is 11.6 Å². The molecule has 3 rings (SSSR count). The molecule has 3 nitrogen and oxygen atoms in total. The van der Waals surface area contributed by atoms with E-state index in [2.05, 4.69) is 4.99 Å². The van der Waals surface area contributed by atoms with Gasteiger partial charge in [0.15, 0.2) is 5.54 Å². The Morgan fingerprint density at radius 3 is 2.31 bits per heavy atom. The molecule has 0 radical (unpaired) electrons. The van der Waals surface area contributed by atoms with Gasteiger partial charge in [-0.3, -0.25) is 4.99 Å². The van der Waals surface area contributed by atoms with E-state index in [1.807, 2.05) is 0 Å². The molecule has 1 atom stereocenters. The largest absolute Gasteiger partial charge is 0.385 e. The number of ether oxygens (including phenoxy) is 1. The molecule has 1 unspecified atom stereocenters. The number of aliphatic imine (C=N–C) groups is 1. The number of nitrogens with two attached hydrogens (primary N) is 1. The number of benzene rings is 2. The van der Waals surface area contributed by atoms with Gasteiger partial charge in [0.05, 0.1) is 0 Å². The van der Waals surface area contributed by atoms with Gasteiger partial charge in [-0.15, -0.1) is 12.4 Å². The van der Waals surface area contributed by atoms with Crippen molar-refractivity contribution in [2.24, 2.45) is 10.7 Å². The molecule has 0 aromatic heterocycles. The maximum absolute atomic E-state index is 15.5. The van der Waals surface area contributed by atoms with Gasteiger partial charge in [0.25, 0.3) is 0 Å². The average Bonchev–Trinajstić information content (AvgIpc) is 2.64. The fourth-order valence-corrected chi connectivity index (χ4v) is 3.57. The number of halogens is 6. The highest BCUT2D eigenvalue weighted by atomic mass is 35.5. The van der Waals surface area contributed by atoms with Crippen molar-refractivity contribution in [3.8, 4) is 11.1 Å². The van der Waals surface area contributed by atoms with Crippen LogP contribution in [0.15, 0.2) is 41.4 Å². The molecule has 2 aromatic rings. The van der Waals surface area contributed by atoms with Gasteiger partial charge in [-0.25, -0.2) is 17.6 Å². The predicted molar refractivity (Wildman–Crippen MR) is 108 cm³/mol. The van der Waals surface area contributed by atoms with Crippen molar-refractivity contribution in [3.63, 3.8) is 0 Å². The van der Waals surface area contributed by atoms with Gasteiger partial charge in [-0.1, -0.05) is 17.7 Å². The van der Waals surface area contributed by atoms with Crippen LogP contribution < -0.4 is 5.73 Å². The summed E-state index contributed by atoms with van der Waals surface area (Å²) in [6.45, 7) is 3.21. The van der Waals surface area contributed by atoms with E-state index in [1.165, 1.54) is 38.1 Å². The highest BCUT2D eigenvalue weighted by molar-refractivity contribution is 6.30. The van der Waals surface area contributed by atoms with Crippen LogP contribution in [0.4, 0.5) is 17.6 Å². The van der Waals surface area contributed by atoms with E-state index in [0.717, 1.165) is 19.1 Å². The van der Waals surface area contributed by atoms with Crippen molar-refractivity contribution in [2.45, 2.75) is 37.8 Å². The minimum Gasteiger partial charge on any atom is -0.385 e. The summed E-state index contributed by atoms with van der Waals surface area (Å²) in [5.74, 6) is -5.27. The third kappa shape index (κ3) is 3.96. The average molecular weight is 451 g/mol. The molecule has 1 heterocycles. The molecule has 0 bridgehead atoms. The lowest BCUT2D eigenvalue weighted by atomic mass is 9.77. The molecule has 1 aliphatic rings. The Morgan fingerprint density at radius 2 is 1.69 bits per heavy atom. The van der Waals surface area contributed by atoms with Gasteiger partial charge in [-0.05, 0) is 62.2 Å². The molecule has 9 heteroatoms. The first kappa shape index (κ1) is 23.4. The molecule has 0 saturated heterocycles. The lowest BCUT2D eigenvalue weighted by Gasteiger charge is -2.42. The van der Waals surface area contributed by atoms with Crippen LogP contribution in [0.3, 0.4) is 0 Å². The summed E-state index contributed by atoms with van der Waals surface area (Å²) in [6.07, 6.45) is 0. The Kier molecular flexibility index (Phi) is 6.29. The summed E-state index contributed by atoms with van der Waals surface area (Å²) in [7, 11) is 0. The lowest BCUT2D eigenvalue weighted by Crippen LogP contribution is -2.56. The number of alkyl halides is 2. The highest BCUT2D eigenvalue weighted by Crippen LogP contribution is 2.51. The minimum absolute atomic E-state index is 0. The van der Waals surface area contributed by atoms with Crippen molar-refractivity contribution in [2.75, 3.05) is 6.61 Å². The normalized spacial score (nSPS) is 23.0. The van der Waals surface area contributed by atoms with E-state index in [4.69, 9.17) is 22.1 Å². The van der Waals surface area contributed by atoms with Gasteiger partial charge < -0.3 is 10.5 Å². The van der Waals surface area contributed by atoms with E-state index < -0.39 is 28.7 Å². The summed E-state index contributed by atoms with van der Waals surface area (Å²) >= 11 is 5.88. The van der Waals surface area contributed by atoms with Crippen LogP contribution in [0.2, 0.25) is 5.02 Å². The summed E-state index contributed by atoms with van der Waals surface area (Å²) in [6, 6.07) is 7.36. The smallest absolute Gasteiger partial charge is 0.304 e. The third-order valence-electron chi connectivity index (χ3n) is 5.00. The first-order valence-electron chi connectivity index (χ1n) is 8.50. The zero-order chi connectivity index (χ0) is 20.9. The Hall–Kier alpha value is -1.83. The molecule has 0 spiro atoms. The van der Waals surface area contributed by atoms with Crippen molar-refractivity contribution < 1.29 is 22.3 Å². The predicted octanol–water partition coefficient (Wildman–Crippen LogP) is 5.72. The van der Waals surface area contributed by atoms with E-state index in [-0.39, 0.29) is 35.4 Å². The molecule has 0 fully saturated rings. The zero-order valence-electron chi connectivity index (χ0n) is 15.9. The summed E-state index contributed by atoms with van der Waals surface area (Å²) in [4.78, 5) is 3.94. The quantitative estimate of drug-likeness (QED) is 0.594. The number of rotatable bonds is 2. The molecule has 29 heavy (non-hydrogen) atoms. The molecule has 0 amide bonds. The van der Waals surface area contributed by atoms with Crippen LogP contribution in [0.25, 0.3) is 11.1 Å². The van der Waals surface area contributed by atoms with Crippen molar-refractivity contribution in [1.82, 2.24) is 0 Å². The standard InChI is InChI=1S/C20H19ClF4N2O.ClH/c1-18(2)20(24,25)19(3,27-17(26)10-28-18)15-8-11(4-5-16(15)23)12-6-13(21)9-14(22)7-12;/h4-9H,10H2,1-3H3,(H2,26,27);1H. The monoisotopic (exact) mass is 450 g/mol. The van der Waals surface area contributed by atoms with Crippen LogP contribution in [-0.4, -0.2) is 24.0 Å². The van der Waals surface area contributed by atoms with Crippen LogP contribution in [-0.2, 0) is 10.3 Å². The van der Waals surface area contributed by atoms with Gasteiger partial charge in [0.2, 0.25) is 0 Å². The maximum Gasteiger partial charge on any atom is 0.304 e. The van der Waals surface area contributed by atoms with Crippen LogP contribution in [0.5, 0.6) is 0 Å². The molecule has 158 valence electrons. The first-order chi connectivity index (χ1) is 12.9. The van der Waals surface area contributed by atoms with E-state index in [0.29, 0.717) is 11.1 Å². The first-order valence-corrected chi connectivity index (χ1v) is 8.88. The van der Waals surface area contributed by atoms with Crippen molar-refractivity contribution >= 4 is 29.8 Å². The second-order valence-electron chi connectivity index (χ2n) is 7.40. The molecule has 0 aliphatic carbocycles. The molecule has 2 N–H and O–H groups in total.